The van der Waals surface area contributed by atoms with Crippen LogP contribution < -0.4 is 5.32 Å². The molecule has 0 fully saturated rings. The molecule has 0 aromatic heterocycles. The van der Waals surface area contributed by atoms with Crippen LogP contribution in [0.4, 0.5) is 4.39 Å². The summed E-state index contributed by atoms with van der Waals surface area (Å²) in [7, 11) is 0. The molecule has 0 bridgehead atoms. The van der Waals surface area contributed by atoms with Gasteiger partial charge in [-0.15, -0.1) is 0 Å². The van der Waals surface area contributed by atoms with Crippen molar-refractivity contribution >= 4 is 23.6 Å². The molecule has 0 saturated heterocycles. The van der Waals surface area contributed by atoms with E-state index < -0.39 is 0 Å². The van der Waals surface area contributed by atoms with Crippen LogP contribution in [0.1, 0.15) is 0 Å². The fraction of sp³-hybridized carbons (Fsp3) is 0. The molecule has 5 heteroatoms. The van der Waals surface area contributed by atoms with Gasteiger partial charge in [-0.05, 0) is 35.4 Å². The van der Waals surface area contributed by atoms with E-state index in [1.165, 1.54) is 30.0 Å². The van der Waals surface area contributed by atoms with Crippen LogP contribution in [-0.2, 0) is 9.59 Å². The fourth-order valence-electron chi connectivity index (χ4n) is 1.95. The summed E-state index contributed by atoms with van der Waals surface area (Å²) in [5.41, 5.74) is 1.88. The topological polar surface area (TPSA) is 46.2 Å². The Balaban J connectivity index is 1.78. The predicted molar refractivity (Wildman–Crippen MR) is 78.9 cm³/mol. The number of amides is 2. The molecule has 2 aromatic carbocycles. The summed E-state index contributed by atoms with van der Waals surface area (Å²) in [5, 5.41) is 2.20. The van der Waals surface area contributed by atoms with E-state index in [0.29, 0.717) is 4.91 Å². The Labute approximate surface area is 124 Å². The minimum absolute atomic E-state index is 0.269. The van der Waals surface area contributed by atoms with Gasteiger partial charge in [-0.1, -0.05) is 36.0 Å². The zero-order valence-corrected chi connectivity index (χ0v) is 11.6. The molecule has 2 amide bonds. The van der Waals surface area contributed by atoms with Crippen molar-refractivity contribution in [1.29, 1.82) is 0 Å². The van der Waals surface area contributed by atoms with Gasteiger partial charge in [-0.2, -0.15) is 0 Å². The first-order valence-electron chi connectivity index (χ1n) is 6.23. The predicted octanol–water partition coefficient (Wildman–Crippen LogP) is 3.13. The number of hydrogen-bond donors (Lipinski definition) is 1. The molecule has 1 N–H and O–H groups in total. The lowest BCUT2D eigenvalue weighted by molar-refractivity contribution is -0.123. The Kier molecular flexibility index (Phi) is 3.58. The van der Waals surface area contributed by atoms with E-state index in [2.05, 4.69) is 5.32 Å². The molecule has 0 aliphatic carbocycles. The zero-order chi connectivity index (χ0) is 14.8. The highest BCUT2D eigenvalue weighted by molar-refractivity contribution is 8.04. The second-order valence-electron chi connectivity index (χ2n) is 4.46. The SMILES string of the molecule is O=C1C=C(Sc2ccc(-c3ccc(F)cc3)cc2)C(=O)N1. The minimum Gasteiger partial charge on any atom is -0.288 e. The molecule has 104 valence electrons. The van der Waals surface area contributed by atoms with Gasteiger partial charge in [0.05, 0.1) is 4.91 Å². The van der Waals surface area contributed by atoms with Crippen molar-refractivity contribution in [3.63, 3.8) is 0 Å². The fourth-order valence-corrected chi connectivity index (χ4v) is 2.79. The van der Waals surface area contributed by atoms with Gasteiger partial charge in [0.15, 0.2) is 0 Å². The van der Waals surface area contributed by atoms with Crippen LogP contribution in [0.2, 0.25) is 0 Å². The van der Waals surface area contributed by atoms with Crippen molar-refractivity contribution in [2.45, 2.75) is 4.90 Å². The lowest BCUT2D eigenvalue weighted by Crippen LogP contribution is -2.21. The van der Waals surface area contributed by atoms with Gasteiger partial charge >= 0.3 is 0 Å². The Hall–Kier alpha value is -2.40. The highest BCUT2D eigenvalue weighted by Gasteiger charge is 2.21. The number of carbonyl (C=O) groups is 2. The summed E-state index contributed by atoms with van der Waals surface area (Å²) in [6, 6.07) is 13.8. The largest absolute Gasteiger partial charge is 0.288 e. The molecule has 1 heterocycles. The van der Waals surface area contributed by atoms with Gasteiger partial charge in [0.2, 0.25) is 0 Å². The number of rotatable bonds is 3. The smallest absolute Gasteiger partial charge is 0.265 e. The van der Waals surface area contributed by atoms with Crippen LogP contribution in [0, 0.1) is 5.82 Å². The van der Waals surface area contributed by atoms with Crippen LogP contribution in [0.25, 0.3) is 11.1 Å². The van der Waals surface area contributed by atoms with E-state index in [1.807, 2.05) is 24.3 Å². The van der Waals surface area contributed by atoms with Crippen LogP contribution in [-0.4, -0.2) is 11.8 Å². The Morgan fingerprint density at radius 3 is 1.95 bits per heavy atom. The third-order valence-corrected chi connectivity index (χ3v) is 4.01. The van der Waals surface area contributed by atoms with Crippen LogP contribution in [0.5, 0.6) is 0 Å². The maximum atomic E-state index is 12.9. The minimum atomic E-state index is -0.384. The van der Waals surface area contributed by atoms with Gasteiger partial charge in [0.1, 0.15) is 5.82 Å². The van der Waals surface area contributed by atoms with Gasteiger partial charge in [0.25, 0.3) is 11.8 Å². The van der Waals surface area contributed by atoms with Crippen LogP contribution in [0.15, 0.2) is 64.4 Å². The Bertz CT molecular complexity index is 736. The number of imide groups is 1. The number of thioether (sulfide) groups is 1. The first-order chi connectivity index (χ1) is 10.1. The van der Waals surface area contributed by atoms with Crippen molar-refractivity contribution < 1.29 is 14.0 Å². The summed E-state index contributed by atoms with van der Waals surface area (Å²) in [6.45, 7) is 0. The first-order valence-corrected chi connectivity index (χ1v) is 7.04. The molecular formula is C16H10FNO2S. The van der Waals surface area contributed by atoms with Crippen molar-refractivity contribution in [2.24, 2.45) is 0 Å². The monoisotopic (exact) mass is 299 g/mol. The highest BCUT2D eigenvalue weighted by atomic mass is 32.2. The van der Waals surface area contributed by atoms with E-state index in [-0.39, 0.29) is 17.6 Å². The molecule has 0 saturated carbocycles. The van der Waals surface area contributed by atoms with Crippen LogP contribution >= 0.6 is 11.8 Å². The third-order valence-electron chi connectivity index (χ3n) is 2.98. The molecule has 2 aromatic rings. The number of halogens is 1. The summed E-state index contributed by atoms with van der Waals surface area (Å²) in [4.78, 5) is 23.8. The lowest BCUT2D eigenvalue weighted by Gasteiger charge is -2.04. The Morgan fingerprint density at radius 1 is 0.857 bits per heavy atom. The van der Waals surface area contributed by atoms with Gasteiger partial charge in [0, 0.05) is 11.0 Å². The van der Waals surface area contributed by atoms with Crippen molar-refractivity contribution in [3.8, 4) is 11.1 Å². The number of hydrogen-bond acceptors (Lipinski definition) is 3. The maximum Gasteiger partial charge on any atom is 0.265 e. The maximum absolute atomic E-state index is 12.9. The van der Waals surface area contributed by atoms with Crippen LogP contribution in [0.3, 0.4) is 0 Å². The first kappa shape index (κ1) is 13.6. The molecule has 0 spiro atoms. The second-order valence-corrected chi connectivity index (χ2v) is 5.58. The molecular weight excluding hydrogens is 289 g/mol. The normalized spacial score (nSPS) is 14.0. The lowest BCUT2D eigenvalue weighted by atomic mass is 10.1. The molecule has 0 unspecified atom stereocenters. The van der Waals surface area contributed by atoms with Crippen molar-refractivity contribution in [2.75, 3.05) is 0 Å². The molecule has 1 aliphatic rings. The highest BCUT2D eigenvalue weighted by Crippen LogP contribution is 2.30. The zero-order valence-electron chi connectivity index (χ0n) is 10.8. The quantitative estimate of drug-likeness (QED) is 0.886. The van der Waals surface area contributed by atoms with Gasteiger partial charge in [-0.3, -0.25) is 14.9 Å². The third kappa shape index (κ3) is 3.03. The van der Waals surface area contributed by atoms with Gasteiger partial charge in [-0.25, -0.2) is 4.39 Å². The number of nitrogens with one attached hydrogen (secondary N) is 1. The molecule has 1 aliphatic heterocycles. The van der Waals surface area contributed by atoms with Crippen molar-refractivity contribution in [1.82, 2.24) is 5.32 Å². The summed E-state index contributed by atoms with van der Waals surface area (Å²) in [6.07, 6.45) is 1.29. The summed E-state index contributed by atoms with van der Waals surface area (Å²) < 4.78 is 12.9. The van der Waals surface area contributed by atoms with E-state index >= 15 is 0 Å². The molecule has 3 nitrogen and oxygen atoms in total. The van der Waals surface area contributed by atoms with E-state index in [9.17, 15) is 14.0 Å². The molecule has 21 heavy (non-hydrogen) atoms. The molecule has 0 radical (unpaired) electrons. The van der Waals surface area contributed by atoms with E-state index in [1.54, 1.807) is 12.1 Å². The van der Waals surface area contributed by atoms with E-state index in [0.717, 1.165) is 16.0 Å². The van der Waals surface area contributed by atoms with Crippen molar-refractivity contribution in [3.05, 3.63) is 65.3 Å². The van der Waals surface area contributed by atoms with E-state index in [4.69, 9.17) is 0 Å². The Morgan fingerprint density at radius 2 is 1.43 bits per heavy atom. The standard InChI is InChI=1S/C16H10FNO2S/c17-12-5-1-10(2-6-12)11-3-7-13(8-4-11)21-14-9-15(19)18-16(14)20/h1-9H,(H,18,19,20). The van der Waals surface area contributed by atoms with Gasteiger partial charge < -0.3 is 0 Å². The number of benzene rings is 2. The second kappa shape index (κ2) is 5.54. The summed E-state index contributed by atoms with van der Waals surface area (Å²) >= 11 is 1.24. The summed E-state index contributed by atoms with van der Waals surface area (Å²) in [5.74, 6) is -1.02. The molecule has 3 rings (SSSR count). The number of carbonyl (C=O) groups excluding carboxylic acids is 2. The average molecular weight is 299 g/mol. The average Bonchev–Trinajstić information content (AvgIpc) is 2.79. The molecule has 0 atom stereocenters.